The Labute approximate surface area is 139 Å². The van der Waals surface area contributed by atoms with Gasteiger partial charge in [-0.3, -0.25) is 4.79 Å². The predicted octanol–water partition coefficient (Wildman–Crippen LogP) is 4.28. The highest BCUT2D eigenvalue weighted by Gasteiger charge is 2.13. The number of carbonyl (C=O) groups excluding carboxylic acids is 1. The van der Waals surface area contributed by atoms with Crippen LogP contribution in [0.5, 0.6) is 0 Å². The van der Waals surface area contributed by atoms with Crippen molar-refractivity contribution in [2.75, 3.05) is 14.1 Å². The van der Waals surface area contributed by atoms with E-state index in [2.05, 4.69) is 5.16 Å². The van der Waals surface area contributed by atoms with Crippen molar-refractivity contribution in [3.05, 3.63) is 65.6 Å². The van der Waals surface area contributed by atoms with Crippen molar-refractivity contribution < 1.29 is 13.7 Å². The van der Waals surface area contributed by atoms with E-state index in [4.69, 9.17) is 4.52 Å². The summed E-state index contributed by atoms with van der Waals surface area (Å²) in [5.41, 5.74) is 2.78. The van der Waals surface area contributed by atoms with E-state index in [1.807, 2.05) is 25.9 Å². The molecule has 0 saturated carbocycles. The van der Waals surface area contributed by atoms with Gasteiger partial charge in [-0.2, -0.15) is 0 Å². The van der Waals surface area contributed by atoms with Gasteiger partial charge in [0.15, 0.2) is 11.5 Å². The van der Waals surface area contributed by atoms with Crippen molar-refractivity contribution in [1.82, 2.24) is 10.1 Å². The SMILES string of the molecule is C/C(=C\C(=O)c1ccc2noc(-c3ccc(F)cc3)c2c1)N(C)C. The second kappa shape index (κ2) is 6.28. The molecule has 0 aliphatic heterocycles. The summed E-state index contributed by atoms with van der Waals surface area (Å²) in [6, 6.07) is 11.2. The smallest absolute Gasteiger partial charge is 0.187 e. The minimum absolute atomic E-state index is 0.0886. The summed E-state index contributed by atoms with van der Waals surface area (Å²) in [6.45, 7) is 1.87. The number of allylic oxidation sites excluding steroid dienone is 2. The molecule has 4 nitrogen and oxygen atoms in total. The van der Waals surface area contributed by atoms with Crippen molar-refractivity contribution in [1.29, 1.82) is 0 Å². The van der Waals surface area contributed by atoms with Crippen LogP contribution in [0.4, 0.5) is 4.39 Å². The molecule has 0 fully saturated rings. The average Bonchev–Trinajstić information content (AvgIpc) is 2.98. The summed E-state index contributed by atoms with van der Waals surface area (Å²) in [5.74, 6) is 0.116. The van der Waals surface area contributed by atoms with E-state index in [1.165, 1.54) is 12.1 Å². The number of benzene rings is 2. The fourth-order valence-electron chi connectivity index (χ4n) is 2.31. The summed E-state index contributed by atoms with van der Waals surface area (Å²) < 4.78 is 18.5. The monoisotopic (exact) mass is 324 g/mol. The Kier molecular flexibility index (Phi) is 4.16. The van der Waals surface area contributed by atoms with Crippen LogP contribution in [0.1, 0.15) is 17.3 Å². The summed E-state index contributed by atoms with van der Waals surface area (Å²) in [7, 11) is 3.77. The molecule has 1 heterocycles. The predicted molar refractivity (Wildman–Crippen MR) is 91.2 cm³/mol. The zero-order chi connectivity index (χ0) is 17.3. The summed E-state index contributed by atoms with van der Waals surface area (Å²) >= 11 is 0. The van der Waals surface area contributed by atoms with Gasteiger partial charge in [-0.1, -0.05) is 5.16 Å². The molecule has 0 aliphatic rings. The molecule has 122 valence electrons. The van der Waals surface area contributed by atoms with E-state index in [1.54, 1.807) is 36.4 Å². The third kappa shape index (κ3) is 3.06. The van der Waals surface area contributed by atoms with Gasteiger partial charge in [-0.15, -0.1) is 0 Å². The van der Waals surface area contributed by atoms with Gasteiger partial charge in [0.1, 0.15) is 11.3 Å². The van der Waals surface area contributed by atoms with Crippen LogP contribution in [-0.4, -0.2) is 29.9 Å². The number of carbonyl (C=O) groups is 1. The van der Waals surface area contributed by atoms with Gasteiger partial charge in [-0.25, -0.2) is 4.39 Å². The number of rotatable bonds is 4. The number of fused-ring (bicyclic) bond motifs is 1. The second-order valence-electron chi connectivity index (χ2n) is 5.79. The molecule has 0 amide bonds. The molecule has 2 aromatic carbocycles. The lowest BCUT2D eigenvalue weighted by Crippen LogP contribution is -2.10. The Morgan fingerprint density at radius 1 is 1.17 bits per heavy atom. The van der Waals surface area contributed by atoms with Gasteiger partial charge < -0.3 is 9.42 Å². The number of nitrogens with zero attached hydrogens (tertiary/aromatic N) is 2. The van der Waals surface area contributed by atoms with Gasteiger partial charge in [0.25, 0.3) is 0 Å². The van der Waals surface area contributed by atoms with Crippen LogP contribution in [-0.2, 0) is 0 Å². The zero-order valence-electron chi connectivity index (χ0n) is 13.7. The maximum absolute atomic E-state index is 13.1. The van der Waals surface area contributed by atoms with Crippen LogP contribution in [0, 0.1) is 5.82 Å². The molecule has 0 aliphatic carbocycles. The first-order chi connectivity index (χ1) is 11.5. The van der Waals surface area contributed by atoms with Gasteiger partial charge in [-0.05, 0) is 49.4 Å². The Morgan fingerprint density at radius 2 is 1.88 bits per heavy atom. The third-order valence-corrected chi connectivity index (χ3v) is 3.91. The van der Waals surface area contributed by atoms with Crippen molar-refractivity contribution >= 4 is 16.7 Å². The maximum atomic E-state index is 13.1. The Bertz CT molecular complexity index is 924. The standard InChI is InChI=1S/C19H17FN2O2/c1-12(22(2)3)10-18(23)14-6-9-17-16(11-14)19(24-21-17)13-4-7-15(20)8-5-13/h4-11H,1-3H3/b12-10+. The molecule has 5 heteroatoms. The number of hydrogen-bond acceptors (Lipinski definition) is 4. The molecule has 3 aromatic rings. The quantitative estimate of drug-likeness (QED) is 0.531. The van der Waals surface area contributed by atoms with Crippen LogP contribution in [0.15, 0.2) is 58.8 Å². The average molecular weight is 324 g/mol. The van der Waals surface area contributed by atoms with Crippen molar-refractivity contribution in [3.63, 3.8) is 0 Å². The number of aromatic nitrogens is 1. The molecule has 0 saturated heterocycles. The minimum atomic E-state index is -0.317. The number of halogens is 1. The Morgan fingerprint density at radius 3 is 2.54 bits per heavy atom. The topological polar surface area (TPSA) is 46.3 Å². The lowest BCUT2D eigenvalue weighted by Gasteiger charge is -2.11. The first-order valence-electron chi connectivity index (χ1n) is 7.51. The van der Waals surface area contributed by atoms with Gasteiger partial charge in [0, 0.05) is 37.0 Å². The Balaban J connectivity index is 2.04. The molecule has 0 radical (unpaired) electrons. The second-order valence-corrected chi connectivity index (χ2v) is 5.79. The van der Waals surface area contributed by atoms with Crippen LogP contribution in [0.25, 0.3) is 22.2 Å². The highest BCUT2D eigenvalue weighted by atomic mass is 19.1. The van der Waals surface area contributed by atoms with E-state index >= 15 is 0 Å². The lowest BCUT2D eigenvalue weighted by molar-refractivity contribution is 0.104. The first-order valence-corrected chi connectivity index (χ1v) is 7.51. The molecular weight excluding hydrogens is 307 g/mol. The molecule has 0 spiro atoms. The van der Waals surface area contributed by atoms with Crippen molar-refractivity contribution in [2.45, 2.75) is 6.92 Å². The fourth-order valence-corrected chi connectivity index (χ4v) is 2.31. The van der Waals surface area contributed by atoms with E-state index in [-0.39, 0.29) is 11.6 Å². The summed E-state index contributed by atoms with van der Waals surface area (Å²) in [5, 5.41) is 4.73. The van der Waals surface area contributed by atoms with Crippen LogP contribution in [0.3, 0.4) is 0 Å². The van der Waals surface area contributed by atoms with Crippen LogP contribution < -0.4 is 0 Å². The number of ketones is 1. The Hall–Kier alpha value is -2.95. The zero-order valence-corrected chi connectivity index (χ0v) is 13.7. The van der Waals surface area contributed by atoms with Crippen LogP contribution >= 0.6 is 0 Å². The normalized spacial score (nSPS) is 11.8. The molecule has 0 bridgehead atoms. The highest BCUT2D eigenvalue weighted by Crippen LogP contribution is 2.29. The third-order valence-electron chi connectivity index (χ3n) is 3.91. The minimum Gasteiger partial charge on any atom is -0.381 e. The largest absolute Gasteiger partial charge is 0.381 e. The first kappa shape index (κ1) is 15.9. The molecule has 1 aromatic heterocycles. The summed E-state index contributed by atoms with van der Waals surface area (Å²) in [4.78, 5) is 14.3. The highest BCUT2D eigenvalue weighted by molar-refractivity contribution is 6.07. The molecule has 0 N–H and O–H groups in total. The molecule has 0 unspecified atom stereocenters. The molecule has 0 atom stereocenters. The summed E-state index contributed by atoms with van der Waals surface area (Å²) in [6.07, 6.45) is 1.59. The molecular formula is C19H17FN2O2. The van der Waals surface area contributed by atoms with Gasteiger partial charge >= 0.3 is 0 Å². The van der Waals surface area contributed by atoms with E-state index in [0.29, 0.717) is 22.4 Å². The van der Waals surface area contributed by atoms with Crippen molar-refractivity contribution in [3.8, 4) is 11.3 Å². The van der Waals surface area contributed by atoms with Gasteiger partial charge in [0.2, 0.25) is 0 Å². The maximum Gasteiger partial charge on any atom is 0.187 e. The fraction of sp³-hybridized carbons (Fsp3) is 0.158. The molecule has 24 heavy (non-hydrogen) atoms. The van der Waals surface area contributed by atoms with E-state index in [9.17, 15) is 9.18 Å². The van der Waals surface area contributed by atoms with Crippen molar-refractivity contribution in [2.24, 2.45) is 0 Å². The van der Waals surface area contributed by atoms with Gasteiger partial charge in [0.05, 0.1) is 5.39 Å². The molecule has 3 rings (SSSR count). The van der Waals surface area contributed by atoms with E-state index in [0.717, 1.165) is 11.1 Å². The lowest BCUT2D eigenvalue weighted by atomic mass is 10.0. The number of hydrogen-bond donors (Lipinski definition) is 0. The van der Waals surface area contributed by atoms with Crippen LogP contribution in [0.2, 0.25) is 0 Å². The van der Waals surface area contributed by atoms with E-state index < -0.39 is 0 Å².